The van der Waals surface area contributed by atoms with Crippen LogP contribution in [0.4, 0.5) is 0 Å². The Labute approximate surface area is 143 Å². The fraction of sp³-hybridized carbons (Fsp3) is 0.312. The van der Waals surface area contributed by atoms with Gasteiger partial charge < -0.3 is 9.72 Å². The van der Waals surface area contributed by atoms with E-state index < -0.39 is 0 Å². The Morgan fingerprint density at radius 1 is 1.35 bits per heavy atom. The van der Waals surface area contributed by atoms with E-state index in [2.05, 4.69) is 22.2 Å². The van der Waals surface area contributed by atoms with E-state index >= 15 is 0 Å². The molecule has 0 aliphatic heterocycles. The van der Waals surface area contributed by atoms with E-state index in [-0.39, 0.29) is 5.91 Å². The van der Waals surface area contributed by atoms with Gasteiger partial charge in [-0.3, -0.25) is 4.79 Å². The number of aromatic nitrogens is 3. The molecule has 120 valence electrons. The molecule has 0 saturated heterocycles. The quantitative estimate of drug-likeness (QED) is 0.765. The van der Waals surface area contributed by atoms with E-state index in [1.165, 1.54) is 0 Å². The molecule has 0 spiro atoms. The van der Waals surface area contributed by atoms with E-state index in [1.54, 1.807) is 40.3 Å². The number of amides is 1. The Hall–Kier alpha value is -1.92. The number of fused-ring (bicyclic) bond motifs is 1. The highest BCUT2D eigenvalue weighted by molar-refractivity contribution is 7.11. The van der Waals surface area contributed by atoms with Gasteiger partial charge in [-0.1, -0.05) is 18.5 Å². The third kappa shape index (κ3) is 3.54. The van der Waals surface area contributed by atoms with Crippen molar-refractivity contribution in [1.82, 2.24) is 19.7 Å². The summed E-state index contributed by atoms with van der Waals surface area (Å²) in [5.41, 5.74) is 2.06. The lowest BCUT2D eigenvalue weighted by Crippen LogP contribution is -2.23. The van der Waals surface area contributed by atoms with E-state index in [9.17, 15) is 4.79 Å². The summed E-state index contributed by atoms with van der Waals surface area (Å²) in [5.74, 6) is -0.199. The number of aryl methyl sites for hydroxylation is 2. The Balaban J connectivity index is 1.70. The minimum atomic E-state index is -0.199. The van der Waals surface area contributed by atoms with E-state index in [0.29, 0.717) is 22.9 Å². The van der Waals surface area contributed by atoms with E-state index in [4.69, 9.17) is 11.6 Å². The number of pyridine rings is 1. The molecule has 3 aromatic heterocycles. The minimum Gasteiger partial charge on any atom is -0.346 e. The molecule has 0 radical (unpaired) electrons. The lowest BCUT2D eigenvalue weighted by Gasteiger charge is -2.01. The zero-order chi connectivity index (χ0) is 16.4. The molecular weight excluding hydrogens is 332 g/mol. The van der Waals surface area contributed by atoms with Crippen LogP contribution in [0.5, 0.6) is 0 Å². The van der Waals surface area contributed by atoms with Gasteiger partial charge in [-0.2, -0.15) is 0 Å². The second-order valence-corrected chi connectivity index (χ2v) is 6.89. The lowest BCUT2D eigenvalue weighted by atomic mass is 10.3. The summed E-state index contributed by atoms with van der Waals surface area (Å²) >= 11 is 7.60. The average Bonchev–Trinajstić information content (AvgIpc) is 3.08. The summed E-state index contributed by atoms with van der Waals surface area (Å²) in [6.45, 7) is 4.58. The van der Waals surface area contributed by atoms with Gasteiger partial charge in [-0.25, -0.2) is 9.97 Å². The van der Waals surface area contributed by atoms with Gasteiger partial charge >= 0.3 is 0 Å². The maximum absolute atomic E-state index is 12.3. The van der Waals surface area contributed by atoms with Crippen molar-refractivity contribution in [2.24, 2.45) is 0 Å². The summed E-state index contributed by atoms with van der Waals surface area (Å²) in [5, 5.41) is 4.63. The third-order valence-electron chi connectivity index (χ3n) is 3.46. The van der Waals surface area contributed by atoms with Crippen LogP contribution in [-0.2, 0) is 13.0 Å². The highest BCUT2D eigenvalue weighted by atomic mass is 35.5. The van der Waals surface area contributed by atoms with Crippen LogP contribution in [0.3, 0.4) is 0 Å². The standard InChI is InChI=1S/C16H17ClN4OS/c1-3-4-15-19-10(2)13(23-15)7-18-16(22)12-9-21-8-11(17)5-6-14(21)20-12/h5-6,8-9H,3-4,7H2,1-2H3,(H,18,22). The predicted octanol–water partition coefficient (Wildman–Crippen LogP) is 3.64. The number of rotatable bonds is 5. The first-order valence-corrected chi connectivity index (χ1v) is 8.64. The molecule has 5 nitrogen and oxygen atoms in total. The Bertz CT molecular complexity index is 855. The van der Waals surface area contributed by atoms with Crippen molar-refractivity contribution in [3.63, 3.8) is 0 Å². The van der Waals surface area contributed by atoms with Gasteiger partial charge in [0, 0.05) is 17.3 Å². The Morgan fingerprint density at radius 2 is 2.17 bits per heavy atom. The zero-order valence-corrected chi connectivity index (χ0v) is 14.5. The van der Waals surface area contributed by atoms with Gasteiger partial charge in [0.25, 0.3) is 5.91 Å². The SMILES string of the molecule is CCCc1nc(C)c(CNC(=O)c2cn3cc(Cl)ccc3n2)s1. The number of hydrogen-bond acceptors (Lipinski definition) is 4. The number of hydrogen-bond donors (Lipinski definition) is 1. The van der Waals surface area contributed by atoms with Crippen molar-refractivity contribution in [1.29, 1.82) is 0 Å². The van der Waals surface area contributed by atoms with Crippen LogP contribution in [0.2, 0.25) is 5.02 Å². The Kier molecular flexibility index (Phi) is 4.63. The minimum absolute atomic E-state index is 0.199. The molecule has 23 heavy (non-hydrogen) atoms. The first-order valence-electron chi connectivity index (χ1n) is 7.44. The van der Waals surface area contributed by atoms with Crippen LogP contribution in [0, 0.1) is 6.92 Å². The number of carbonyl (C=O) groups excluding carboxylic acids is 1. The van der Waals surface area contributed by atoms with Crippen molar-refractivity contribution >= 4 is 34.5 Å². The van der Waals surface area contributed by atoms with Crippen LogP contribution < -0.4 is 5.32 Å². The van der Waals surface area contributed by atoms with Gasteiger partial charge in [-0.05, 0) is 31.9 Å². The van der Waals surface area contributed by atoms with Gasteiger partial charge in [0.05, 0.1) is 22.3 Å². The Morgan fingerprint density at radius 3 is 2.96 bits per heavy atom. The van der Waals surface area contributed by atoms with Gasteiger partial charge in [0.1, 0.15) is 11.3 Å². The second-order valence-electron chi connectivity index (χ2n) is 5.29. The van der Waals surface area contributed by atoms with Crippen LogP contribution in [0.25, 0.3) is 5.65 Å². The molecule has 3 heterocycles. The van der Waals surface area contributed by atoms with Crippen molar-refractivity contribution in [3.8, 4) is 0 Å². The molecule has 0 fully saturated rings. The molecule has 0 unspecified atom stereocenters. The van der Waals surface area contributed by atoms with Crippen molar-refractivity contribution in [2.75, 3.05) is 0 Å². The second kappa shape index (κ2) is 6.68. The smallest absolute Gasteiger partial charge is 0.271 e. The topological polar surface area (TPSA) is 59.3 Å². The highest BCUT2D eigenvalue weighted by Crippen LogP contribution is 2.19. The largest absolute Gasteiger partial charge is 0.346 e. The summed E-state index contributed by atoms with van der Waals surface area (Å²) in [6, 6.07) is 3.53. The molecule has 1 amide bonds. The van der Waals surface area contributed by atoms with Crippen LogP contribution in [-0.4, -0.2) is 20.3 Å². The van der Waals surface area contributed by atoms with Gasteiger partial charge in [0.15, 0.2) is 0 Å². The molecule has 0 aromatic carbocycles. The van der Waals surface area contributed by atoms with Crippen molar-refractivity contribution in [2.45, 2.75) is 33.2 Å². The molecule has 0 saturated carbocycles. The lowest BCUT2D eigenvalue weighted by molar-refractivity contribution is 0.0947. The highest BCUT2D eigenvalue weighted by Gasteiger charge is 2.13. The maximum atomic E-state index is 12.3. The predicted molar refractivity (Wildman–Crippen MR) is 92.2 cm³/mol. The zero-order valence-electron chi connectivity index (χ0n) is 13.0. The summed E-state index contributed by atoms with van der Waals surface area (Å²) in [7, 11) is 0. The number of imidazole rings is 1. The van der Waals surface area contributed by atoms with Crippen LogP contribution in [0.15, 0.2) is 24.5 Å². The summed E-state index contributed by atoms with van der Waals surface area (Å²) in [6.07, 6.45) is 5.46. The molecule has 3 aromatic rings. The van der Waals surface area contributed by atoms with Crippen molar-refractivity contribution in [3.05, 3.63) is 50.8 Å². The first kappa shape index (κ1) is 16.0. The van der Waals surface area contributed by atoms with Crippen molar-refractivity contribution < 1.29 is 4.79 Å². The molecule has 0 atom stereocenters. The van der Waals surface area contributed by atoms with Gasteiger partial charge in [-0.15, -0.1) is 11.3 Å². The average molecular weight is 349 g/mol. The number of nitrogens with zero attached hydrogens (tertiary/aromatic N) is 3. The molecule has 7 heteroatoms. The van der Waals surface area contributed by atoms with E-state index in [0.717, 1.165) is 28.4 Å². The summed E-state index contributed by atoms with van der Waals surface area (Å²) < 4.78 is 1.74. The summed E-state index contributed by atoms with van der Waals surface area (Å²) in [4.78, 5) is 22.2. The number of thiazole rings is 1. The molecule has 0 aliphatic rings. The fourth-order valence-corrected chi connectivity index (χ4v) is 3.58. The number of halogens is 1. The van der Waals surface area contributed by atoms with Crippen LogP contribution in [0.1, 0.15) is 39.4 Å². The maximum Gasteiger partial charge on any atom is 0.271 e. The third-order valence-corrected chi connectivity index (χ3v) is 4.90. The monoisotopic (exact) mass is 348 g/mol. The fourth-order valence-electron chi connectivity index (χ4n) is 2.30. The van der Waals surface area contributed by atoms with Gasteiger partial charge in [0.2, 0.25) is 0 Å². The number of carbonyl (C=O) groups is 1. The van der Waals surface area contributed by atoms with E-state index in [1.807, 2.05) is 6.92 Å². The molecule has 3 rings (SSSR count). The molecule has 0 aliphatic carbocycles. The van der Waals surface area contributed by atoms with Crippen LogP contribution >= 0.6 is 22.9 Å². The molecular formula is C16H17ClN4OS. The normalized spacial score (nSPS) is 11.1. The first-order chi connectivity index (χ1) is 11.1. The molecule has 0 bridgehead atoms. The number of nitrogens with one attached hydrogen (secondary N) is 1. The molecule has 1 N–H and O–H groups in total.